The van der Waals surface area contributed by atoms with Crippen molar-refractivity contribution in [3.8, 4) is 0 Å². The molecular formula is C21H24FNO3. The molecule has 1 saturated heterocycles. The number of hydrogen-bond donors (Lipinski definition) is 1. The summed E-state index contributed by atoms with van der Waals surface area (Å²) < 4.78 is 24.6. The average Bonchev–Trinajstić information content (AvgIpc) is 2.65. The highest BCUT2D eigenvalue weighted by Gasteiger charge is 2.27. The number of aryl methyl sites for hydroxylation is 1. The lowest BCUT2D eigenvalue weighted by atomic mass is 9.97. The molecule has 0 radical (unpaired) electrons. The van der Waals surface area contributed by atoms with Crippen LogP contribution >= 0.6 is 0 Å². The number of rotatable bonds is 5. The first-order valence-electron chi connectivity index (χ1n) is 8.83. The summed E-state index contributed by atoms with van der Waals surface area (Å²) in [6.45, 7) is 2.82. The van der Waals surface area contributed by atoms with E-state index in [2.05, 4.69) is 5.32 Å². The third kappa shape index (κ3) is 4.29. The van der Waals surface area contributed by atoms with E-state index in [0.717, 1.165) is 17.5 Å². The van der Waals surface area contributed by atoms with Crippen LogP contribution in [0.1, 0.15) is 33.5 Å². The van der Waals surface area contributed by atoms with Crippen molar-refractivity contribution >= 4 is 5.91 Å². The van der Waals surface area contributed by atoms with Gasteiger partial charge in [0, 0.05) is 19.3 Å². The van der Waals surface area contributed by atoms with Crippen LogP contribution in [-0.2, 0) is 15.9 Å². The average molecular weight is 357 g/mol. The summed E-state index contributed by atoms with van der Waals surface area (Å²) in [6.07, 6.45) is 1.07. The van der Waals surface area contributed by atoms with Gasteiger partial charge in [-0.1, -0.05) is 30.3 Å². The number of ether oxygens (including phenoxy) is 2. The van der Waals surface area contributed by atoms with Gasteiger partial charge in [-0.2, -0.15) is 0 Å². The van der Waals surface area contributed by atoms with E-state index >= 15 is 0 Å². The first kappa shape index (κ1) is 18.5. The van der Waals surface area contributed by atoms with E-state index in [1.807, 2.05) is 24.3 Å². The van der Waals surface area contributed by atoms with Crippen LogP contribution in [-0.4, -0.2) is 38.4 Å². The summed E-state index contributed by atoms with van der Waals surface area (Å²) in [5.74, 6) is -0.364. The standard InChI is InChI=1S/C21H24FNO3/c1-14-7-8-15(12-18(14)22)11-16-5-3-4-6-17(16)21(24)23-19-9-10-26-13-20(19)25-2/h3-8,12,19-20H,9-11,13H2,1-2H3,(H,23,24)/t19-,20-/m1/s1. The summed E-state index contributed by atoms with van der Waals surface area (Å²) in [6, 6.07) is 12.6. The van der Waals surface area contributed by atoms with E-state index in [1.165, 1.54) is 6.07 Å². The summed E-state index contributed by atoms with van der Waals surface area (Å²) in [5, 5.41) is 3.06. The lowest BCUT2D eigenvalue weighted by Gasteiger charge is -2.31. The second kappa shape index (κ2) is 8.43. The lowest BCUT2D eigenvalue weighted by Crippen LogP contribution is -2.49. The monoisotopic (exact) mass is 357 g/mol. The summed E-state index contributed by atoms with van der Waals surface area (Å²) >= 11 is 0. The van der Waals surface area contributed by atoms with Crippen molar-refractivity contribution in [3.63, 3.8) is 0 Å². The zero-order valence-electron chi connectivity index (χ0n) is 15.1. The van der Waals surface area contributed by atoms with Crippen molar-refractivity contribution in [2.24, 2.45) is 0 Å². The van der Waals surface area contributed by atoms with E-state index in [-0.39, 0.29) is 23.9 Å². The fourth-order valence-corrected chi connectivity index (χ4v) is 3.22. The molecule has 5 heteroatoms. The number of amides is 1. The fraction of sp³-hybridized carbons (Fsp3) is 0.381. The molecule has 0 saturated carbocycles. The molecule has 1 fully saturated rings. The van der Waals surface area contributed by atoms with E-state index in [9.17, 15) is 9.18 Å². The zero-order valence-corrected chi connectivity index (χ0v) is 15.1. The van der Waals surface area contributed by atoms with E-state index in [1.54, 1.807) is 26.2 Å². The van der Waals surface area contributed by atoms with Crippen molar-refractivity contribution in [3.05, 3.63) is 70.5 Å². The number of hydrogen-bond acceptors (Lipinski definition) is 3. The predicted octanol–water partition coefficient (Wildman–Crippen LogP) is 3.26. The molecule has 1 heterocycles. The van der Waals surface area contributed by atoms with Gasteiger partial charge in [0.1, 0.15) is 11.9 Å². The van der Waals surface area contributed by atoms with Gasteiger partial charge >= 0.3 is 0 Å². The van der Waals surface area contributed by atoms with Gasteiger partial charge in [0.15, 0.2) is 0 Å². The largest absolute Gasteiger partial charge is 0.379 e. The molecule has 1 amide bonds. The van der Waals surface area contributed by atoms with E-state index < -0.39 is 0 Å². The summed E-state index contributed by atoms with van der Waals surface area (Å²) in [7, 11) is 1.62. The van der Waals surface area contributed by atoms with Crippen molar-refractivity contribution < 1.29 is 18.7 Å². The van der Waals surface area contributed by atoms with Crippen LogP contribution in [0.3, 0.4) is 0 Å². The first-order chi connectivity index (χ1) is 12.6. The highest BCUT2D eigenvalue weighted by atomic mass is 19.1. The molecule has 1 aliphatic rings. The predicted molar refractivity (Wildman–Crippen MR) is 97.9 cm³/mol. The van der Waals surface area contributed by atoms with E-state index in [4.69, 9.17) is 9.47 Å². The highest BCUT2D eigenvalue weighted by molar-refractivity contribution is 5.96. The van der Waals surface area contributed by atoms with Crippen LogP contribution in [0.4, 0.5) is 4.39 Å². The minimum atomic E-state index is -0.227. The Morgan fingerprint density at radius 2 is 2.12 bits per heavy atom. The van der Waals surface area contributed by atoms with Gasteiger partial charge in [-0.25, -0.2) is 4.39 Å². The Hall–Kier alpha value is -2.24. The van der Waals surface area contributed by atoms with Crippen LogP contribution < -0.4 is 5.32 Å². The van der Waals surface area contributed by atoms with Crippen molar-refractivity contribution in [2.75, 3.05) is 20.3 Å². The van der Waals surface area contributed by atoms with Crippen molar-refractivity contribution in [1.29, 1.82) is 0 Å². The fourth-order valence-electron chi connectivity index (χ4n) is 3.22. The number of carbonyl (C=O) groups excluding carboxylic acids is 1. The molecule has 26 heavy (non-hydrogen) atoms. The molecule has 1 N–H and O–H groups in total. The zero-order chi connectivity index (χ0) is 18.5. The Morgan fingerprint density at radius 3 is 2.88 bits per heavy atom. The van der Waals surface area contributed by atoms with Crippen LogP contribution in [0.15, 0.2) is 42.5 Å². The number of benzene rings is 2. The van der Waals surface area contributed by atoms with Gasteiger partial charge in [-0.15, -0.1) is 0 Å². The molecule has 0 aliphatic carbocycles. The second-order valence-electron chi connectivity index (χ2n) is 6.64. The maximum atomic E-state index is 13.8. The van der Waals surface area contributed by atoms with E-state index in [0.29, 0.717) is 30.8 Å². The SMILES string of the molecule is CO[C@@H]1COCC[C@H]1NC(=O)c1ccccc1Cc1ccc(C)c(F)c1. The number of carbonyl (C=O) groups is 1. The molecule has 0 bridgehead atoms. The van der Waals surface area contributed by atoms with Crippen LogP contribution in [0.2, 0.25) is 0 Å². The molecule has 0 unspecified atom stereocenters. The minimum Gasteiger partial charge on any atom is -0.379 e. The molecule has 3 rings (SSSR count). The maximum absolute atomic E-state index is 13.8. The normalized spacial score (nSPS) is 20.0. The Bertz CT molecular complexity index is 778. The number of halogens is 1. The molecule has 1 aliphatic heterocycles. The Kier molecular flexibility index (Phi) is 6.01. The van der Waals surface area contributed by atoms with Gasteiger partial charge in [-0.3, -0.25) is 4.79 Å². The minimum absolute atomic E-state index is 0.0777. The van der Waals surface area contributed by atoms with Crippen LogP contribution in [0.5, 0.6) is 0 Å². The Labute approximate surface area is 153 Å². The van der Waals surface area contributed by atoms with Gasteiger partial charge in [0.2, 0.25) is 0 Å². The van der Waals surface area contributed by atoms with Gasteiger partial charge < -0.3 is 14.8 Å². The van der Waals surface area contributed by atoms with Crippen molar-refractivity contribution in [2.45, 2.75) is 31.9 Å². The lowest BCUT2D eigenvalue weighted by molar-refractivity contribution is -0.0479. The quantitative estimate of drug-likeness (QED) is 0.894. The smallest absolute Gasteiger partial charge is 0.251 e. The van der Waals surface area contributed by atoms with Crippen molar-refractivity contribution in [1.82, 2.24) is 5.32 Å². The summed E-state index contributed by atoms with van der Waals surface area (Å²) in [5.41, 5.74) is 2.93. The third-order valence-corrected chi connectivity index (χ3v) is 4.82. The molecule has 0 spiro atoms. The number of methoxy groups -OCH3 is 1. The summed E-state index contributed by atoms with van der Waals surface area (Å²) in [4.78, 5) is 12.8. The van der Waals surface area contributed by atoms with Gasteiger partial charge in [0.05, 0.1) is 12.6 Å². The molecule has 2 aromatic rings. The first-order valence-corrected chi connectivity index (χ1v) is 8.83. The molecular weight excluding hydrogens is 333 g/mol. The second-order valence-corrected chi connectivity index (χ2v) is 6.64. The topological polar surface area (TPSA) is 47.6 Å². The molecule has 138 valence electrons. The van der Waals surface area contributed by atoms with Crippen LogP contribution in [0, 0.1) is 12.7 Å². The Morgan fingerprint density at radius 1 is 1.31 bits per heavy atom. The van der Waals surface area contributed by atoms with Gasteiger partial charge in [0.25, 0.3) is 5.91 Å². The molecule has 2 aromatic carbocycles. The molecule has 0 aromatic heterocycles. The van der Waals surface area contributed by atoms with Gasteiger partial charge in [-0.05, 0) is 48.6 Å². The molecule has 2 atom stereocenters. The maximum Gasteiger partial charge on any atom is 0.251 e. The highest BCUT2D eigenvalue weighted by Crippen LogP contribution is 2.18. The number of nitrogens with one attached hydrogen (secondary N) is 1. The van der Waals surface area contributed by atoms with Crippen LogP contribution in [0.25, 0.3) is 0 Å². The third-order valence-electron chi connectivity index (χ3n) is 4.82. The Balaban J connectivity index is 1.77. The molecule has 4 nitrogen and oxygen atoms in total.